The maximum atomic E-state index is 11.3. The van der Waals surface area contributed by atoms with E-state index >= 15 is 0 Å². The second-order valence-corrected chi connectivity index (χ2v) is 4.99. The van der Waals surface area contributed by atoms with Gasteiger partial charge in [0.1, 0.15) is 0 Å². The number of carboxylic acids is 1. The lowest BCUT2D eigenvalue weighted by molar-refractivity contribution is -0.158. The molecular weight excluding hydrogens is 255 g/mol. The van der Waals surface area contributed by atoms with Crippen LogP contribution in [0.15, 0.2) is 12.2 Å². The van der Waals surface area contributed by atoms with E-state index in [0.717, 1.165) is 0 Å². The molecule has 0 spiro atoms. The van der Waals surface area contributed by atoms with Crippen LogP contribution in [-0.2, 0) is 18.9 Å². The SMILES string of the molecule is C=C(CC(O)(C(=O)OCC)P(=O)(O)O)C(=O)O. The molecule has 0 saturated carbocycles. The van der Waals surface area contributed by atoms with Gasteiger partial charge in [-0.05, 0) is 6.92 Å². The number of hydrogen-bond donors (Lipinski definition) is 4. The first-order valence-corrected chi connectivity index (χ1v) is 6.03. The molecule has 8 nitrogen and oxygen atoms in total. The molecule has 0 radical (unpaired) electrons. The van der Waals surface area contributed by atoms with Gasteiger partial charge in [0.2, 0.25) is 0 Å². The summed E-state index contributed by atoms with van der Waals surface area (Å²) in [4.78, 5) is 39.5. The molecule has 0 aliphatic rings. The minimum absolute atomic E-state index is 0.222. The number of hydrogen-bond acceptors (Lipinski definition) is 5. The molecule has 0 amide bonds. The third-order valence-electron chi connectivity index (χ3n) is 1.85. The summed E-state index contributed by atoms with van der Waals surface area (Å²) in [5, 5.41) is 14.9. The van der Waals surface area contributed by atoms with E-state index < -0.39 is 36.9 Å². The number of carbonyl (C=O) groups excluding carboxylic acids is 1. The minimum atomic E-state index is -5.31. The predicted octanol–water partition coefficient (Wildman–Crippen LogP) is -0.553. The molecule has 98 valence electrons. The lowest BCUT2D eigenvalue weighted by Gasteiger charge is -2.26. The van der Waals surface area contributed by atoms with Crippen molar-refractivity contribution in [3.63, 3.8) is 0 Å². The van der Waals surface area contributed by atoms with E-state index in [2.05, 4.69) is 11.3 Å². The van der Waals surface area contributed by atoms with Crippen LogP contribution in [0.1, 0.15) is 13.3 Å². The van der Waals surface area contributed by atoms with Crippen LogP contribution in [0.2, 0.25) is 0 Å². The zero-order valence-electron chi connectivity index (χ0n) is 8.99. The Morgan fingerprint density at radius 3 is 2.18 bits per heavy atom. The highest BCUT2D eigenvalue weighted by molar-refractivity contribution is 7.54. The maximum Gasteiger partial charge on any atom is 0.368 e. The van der Waals surface area contributed by atoms with Crippen molar-refractivity contribution in [3.05, 3.63) is 12.2 Å². The number of esters is 1. The number of aliphatic hydroxyl groups is 1. The fraction of sp³-hybridized carbons (Fsp3) is 0.500. The molecule has 0 rings (SSSR count). The molecule has 9 heteroatoms. The van der Waals surface area contributed by atoms with Gasteiger partial charge >= 0.3 is 19.5 Å². The summed E-state index contributed by atoms with van der Waals surface area (Å²) >= 11 is 0. The molecule has 0 aliphatic carbocycles. The van der Waals surface area contributed by atoms with E-state index in [1.165, 1.54) is 6.92 Å². The monoisotopic (exact) mass is 268 g/mol. The molecule has 17 heavy (non-hydrogen) atoms. The van der Waals surface area contributed by atoms with Crippen molar-refractivity contribution in [1.82, 2.24) is 0 Å². The van der Waals surface area contributed by atoms with E-state index in [-0.39, 0.29) is 6.61 Å². The number of aliphatic carboxylic acids is 1. The largest absolute Gasteiger partial charge is 0.478 e. The van der Waals surface area contributed by atoms with Crippen molar-refractivity contribution in [2.75, 3.05) is 6.61 Å². The normalized spacial score (nSPS) is 14.8. The molecule has 0 aliphatic heterocycles. The molecule has 1 unspecified atom stereocenters. The topological polar surface area (TPSA) is 141 Å². The summed E-state index contributed by atoms with van der Waals surface area (Å²) in [6.45, 7) is 4.13. The van der Waals surface area contributed by atoms with Gasteiger partial charge < -0.3 is 24.7 Å². The number of ether oxygens (including phenoxy) is 1. The summed E-state index contributed by atoms with van der Waals surface area (Å²) in [6, 6.07) is 0. The zero-order valence-corrected chi connectivity index (χ0v) is 9.88. The van der Waals surface area contributed by atoms with Crippen molar-refractivity contribution in [1.29, 1.82) is 0 Å². The molecule has 0 aromatic rings. The second kappa shape index (κ2) is 5.42. The van der Waals surface area contributed by atoms with Crippen LogP contribution >= 0.6 is 7.60 Å². The summed E-state index contributed by atoms with van der Waals surface area (Å²) in [7, 11) is -5.31. The highest BCUT2D eigenvalue weighted by Gasteiger charge is 2.54. The van der Waals surface area contributed by atoms with Gasteiger partial charge in [0.25, 0.3) is 5.34 Å². The van der Waals surface area contributed by atoms with Gasteiger partial charge in [-0.15, -0.1) is 0 Å². The van der Waals surface area contributed by atoms with Gasteiger partial charge in [-0.1, -0.05) is 6.58 Å². The van der Waals surface area contributed by atoms with Crippen LogP contribution in [-0.4, -0.2) is 43.9 Å². The molecule has 0 heterocycles. The minimum Gasteiger partial charge on any atom is -0.478 e. The average molecular weight is 268 g/mol. The Hall–Kier alpha value is -1.21. The van der Waals surface area contributed by atoms with Gasteiger partial charge in [0, 0.05) is 12.0 Å². The smallest absolute Gasteiger partial charge is 0.368 e. The second-order valence-electron chi connectivity index (χ2n) is 3.17. The van der Waals surface area contributed by atoms with E-state index in [9.17, 15) is 19.3 Å². The Balaban J connectivity index is 5.28. The number of rotatable bonds is 6. The van der Waals surface area contributed by atoms with Crippen molar-refractivity contribution in [2.24, 2.45) is 0 Å². The zero-order chi connectivity index (χ0) is 13.9. The number of carbonyl (C=O) groups is 2. The molecule has 0 aromatic heterocycles. The van der Waals surface area contributed by atoms with Crippen molar-refractivity contribution >= 4 is 19.5 Å². The summed E-state index contributed by atoms with van der Waals surface area (Å²) in [6.07, 6.45) is -1.12. The fourth-order valence-corrected chi connectivity index (χ4v) is 1.61. The van der Waals surface area contributed by atoms with Gasteiger partial charge in [0.05, 0.1) is 6.61 Å². The van der Waals surface area contributed by atoms with Gasteiger partial charge in [-0.25, -0.2) is 9.59 Å². The van der Waals surface area contributed by atoms with Crippen LogP contribution in [0, 0.1) is 0 Å². The summed E-state index contributed by atoms with van der Waals surface area (Å²) in [5.74, 6) is -3.17. The first-order chi connectivity index (χ1) is 7.56. The lowest BCUT2D eigenvalue weighted by Crippen LogP contribution is -2.41. The van der Waals surface area contributed by atoms with Crippen molar-refractivity contribution in [2.45, 2.75) is 18.7 Å². The highest BCUT2D eigenvalue weighted by Crippen LogP contribution is 2.52. The third-order valence-corrected chi connectivity index (χ3v) is 3.15. The van der Waals surface area contributed by atoms with Crippen LogP contribution in [0.5, 0.6) is 0 Å². The van der Waals surface area contributed by atoms with Crippen LogP contribution in [0.25, 0.3) is 0 Å². The number of carboxylic acid groups (broad SMARTS) is 1. The van der Waals surface area contributed by atoms with E-state index in [4.69, 9.17) is 14.9 Å². The van der Waals surface area contributed by atoms with Crippen LogP contribution in [0.3, 0.4) is 0 Å². The summed E-state index contributed by atoms with van der Waals surface area (Å²) in [5.41, 5.74) is -0.719. The Bertz CT molecular complexity index is 383. The van der Waals surface area contributed by atoms with Crippen molar-refractivity contribution < 1.29 is 38.9 Å². The standard InChI is InChI=1S/C8H13O8P/c1-3-16-7(11)8(12,17(13,14)15)4-5(2)6(9)10/h12H,2-4H2,1H3,(H,9,10)(H2,13,14,15). The van der Waals surface area contributed by atoms with E-state index in [0.29, 0.717) is 0 Å². The first kappa shape index (κ1) is 15.8. The molecule has 1 atom stereocenters. The fourth-order valence-electron chi connectivity index (χ4n) is 0.914. The molecule has 4 N–H and O–H groups in total. The molecule has 0 bridgehead atoms. The van der Waals surface area contributed by atoms with E-state index in [1.807, 2.05) is 0 Å². The Labute approximate surface area is 96.7 Å². The van der Waals surface area contributed by atoms with E-state index in [1.54, 1.807) is 0 Å². The predicted molar refractivity (Wildman–Crippen MR) is 55.0 cm³/mol. The summed E-state index contributed by atoms with van der Waals surface area (Å²) < 4.78 is 15.3. The van der Waals surface area contributed by atoms with Crippen molar-refractivity contribution in [3.8, 4) is 0 Å². The Morgan fingerprint density at radius 1 is 1.41 bits per heavy atom. The Morgan fingerprint density at radius 2 is 1.88 bits per heavy atom. The maximum absolute atomic E-state index is 11.3. The molecule has 0 saturated heterocycles. The van der Waals surface area contributed by atoms with Gasteiger partial charge in [0.15, 0.2) is 0 Å². The third kappa shape index (κ3) is 3.64. The van der Waals surface area contributed by atoms with Crippen LogP contribution < -0.4 is 0 Å². The van der Waals surface area contributed by atoms with Crippen LogP contribution in [0.4, 0.5) is 0 Å². The quantitative estimate of drug-likeness (QED) is 0.285. The highest BCUT2D eigenvalue weighted by atomic mass is 31.2. The van der Waals surface area contributed by atoms with Gasteiger partial charge in [-0.3, -0.25) is 4.57 Å². The molecule has 0 aromatic carbocycles. The first-order valence-electron chi connectivity index (χ1n) is 4.42. The lowest BCUT2D eigenvalue weighted by atomic mass is 10.1. The van der Waals surface area contributed by atoms with Gasteiger partial charge in [-0.2, -0.15) is 0 Å². The molecular formula is C8H13O8P. The Kier molecular flexibility index (Phi) is 5.03. The molecule has 0 fully saturated rings. The average Bonchev–Trinajstić information content (AvgIpc) is 2.15.